The molecule has 2 atom stereocenters. The van der Waals surface area contributed by atoms with Gasteiger partial charge in [0.1, 0.15) is 0 Å². The van der Waals surface area contributed by atoms with Crippen molar-refractivity contribution < 1.29 is 13.2 Å². The van der Waals surface area contributed by atoms with Crippen LogP contribution in [0.3, 0.4) is 0 Å². The van der Waals surface area contributed by atoms with Crippen molar-refractivity contribution in [2.75, 3.05) is 17.5 Å². The molecule has 2 aromatic rings. The average Bonchev–Trinajstić information content (AvgIpc) is 2.96. The van der Waals surface area contributed by atoms with Gasteiger partial charge >= 0.3 is 0 Å². The summed E-state index contributed by atoms with van der Waals surface area (Å²) < 4.78 is 24.9. The molecule has 0 aromatic heterocycles. The first-order valence-corrected chi connectivity index (χ1v) is 10.2. The van der Waals surface area contributed by atoms with Crippen LogP contribution in [-0.2, 0) is 10.0 Å². The third-order valence-corrected chi connectivity index (χ3v) is 5.29. The largest absolute Gasteiger partial charge is 0.335 e. The molecular weight excluding hydrogens is 336 g/mol. The molecule has 1 aliphatic rings. The Morgan fingerprint density at radius 1 is 1.08 bits per heavy atom. The van der Waals surface area contributed by atoms with Crippen molar-refractivity contribution in [3.8, 4) is 0 Å². The molecule has 1 aliphatic heterocycles. The number of amides is 1. The summed E-state index contributed by atoms with van der Waals surface area (Å²) in [5.41, 5.74) is 2.29. The molecule has 2 unspecified atom stereocenters. The topological polar surface area (TPSA) is 66.5 Å². The van der Waals surface area contributed by atoms with E-state index < -0.39 is 10.0 Å². The highest BCUT2D eigenvalue weighted by atomic mass is 32.2. The molecular formula is C19H22N2O3S. The molecule has 25 heavy (non-hydrogen) atoms. The smallest absolute Gasteiger partial charge is 0.254 e. The summed E-state index contributed by atoms with van der Waals surface area (Å²) in [4.78, 5) is 14.7. The SMILES string of the molecule is CC1C(c2ccccc2)CCN1C(=O)c1ccc(NS(C)(=O)=O)cc1. The quantitative estimate of drug-likeness (QED) is 0.913. The third kappa shape index (κ3) is 4.02. The van der Waals surface area contributed by atoms with Crippen LogP contribution in [0.25, 0.3) is 0 Å². The Bertz CT molecular complexity index is 848. The molecule has 0 radical (unpaired) electrons. The monoisotopic (exact) mass is 358 g/mol. The molecule has 132 valence electrons. The predicted molar refractivity (Wildman–Crippen MR) is 99.2 cm³/mol. The van der Waals surface area contributed by atoms with E-state index in [0.29, 0.717) is 17.2 Å². The number of sulfonamides is 1. The van der Waals surface area contributed by atoms with E-state index in [1.54, 1.807) is 24.3 Å². The number of carbonyl (C=O) groups excluding carboxylic acids is 1. The van der Waals surface area contributed by atoms with Gasteiger partial charge < -0.3 is 4.90 Å². The predicted octanol–water partition coefficient (Wildman–Crippen LogP) is 3.08. The number of rotatable bonds is 4. The fourth-order valence-corrected chi connectivity index (χ4v) is 4.00. The Morgan fingerprint density at radius 3 is 2.32 bits per heavy atom. The van der Waals surface area contributed by atoms with Gasteiger partial charge in [-0.15, -0.1) is 0 Å². The van der Waals surface area contributed by atoms with E-state index in [9.17, 15) is 13.2 Å². The summed E-state index contributed by atoms with van der Waals surface area (Å²) in [6, 6.07) is 17.0. The van der Waals surface area contributed by atoms with Crippen molar-refractivity contribution in [3.05, 3.63) is 65.7 Å². The lowest BCUT2D eigenvalue weighted by atomic mass is 9.93. The molecule has 1 amide bonds. The highest BCUT2D eigenvalue weighted by Gasteiger charge is 2.34. The minimum Gasteiger partial charge on any atom is -0.335 e. The van der Waals surface area contributed by atoms with E-state index in [1.807, 2.05) is 23.1 Å². The van der Waals surface area contributed by atoms with E-state index >= 15 is 0 Å². The van der Waals surface area contributed by atoms with E-state index in [0.717, 1.165) is 19.2 Å². The number of nitrogens with zero attached hydrogens (tertiary/aromatic N) is 1. The zero-order valence-electron chi connectivity index (χ0n) is 14.3. The number of benzene rings is 2. The number of hydrogen-bond donors (Lipinski definition) is 1. The summed E-state index contributed by atoms with van der Waals surface area (Å²) in [6.45, 7) is 2.81. The lowest BCUT2D eigenvalue weighted by Gasteiger charge is -2.25. The van der Waals surface area contributed by atoms with Crippen molar-refractivity contribution in [2.45, 2.75) is 25.3 Å². The second-order valence-electron chi connectivity index (χ2n) is 6.50. The molecule has 1 fully saturated rings. The number of hydrogen-bond acceptors (Lipinski definition) is 3. The van der Waals surface area contributed by atoms with Crippen LogP contribution in [0.4, 0.5) is 5.69 Å². The average molecular weight is 358 g/mol. The maximum atomic E-state index is 12.8. The van der Waals surface area contributed by atoms with Gasteiger partial charge in [-0.1, -0.05) is 30.3 Å². The van der Waals surface area contributed by atoms with Gasteiger partial charge in [-0.25, -0.2) is 8.42 Å². The Hall–Kier alpha value is -2.34. The van der Waals surface area contributed by atoms with Crippen LogP contribution in [0.15, 0.2) is 54.6 Å². The van der Waals surface area contributed by atoms with Crippen molar-refractivity contribution >= 4 is 21.6 Å². The van der Waals surface area contributed by atoms with Crippen LogP contribution in [0, 0.1) is 0 Å². The van der Waals surface area contributed by atoms with Crippen molar-refractivity contribution in [3.63, 3.8) is 0 Å². The normalized spacial score (nSPS) is 20.5. The van der Waals surface area contributed by atoms with Gasteiger partial charge in [0.05, 0.1) is 6.26 Å². The maximum Gasteiger partial charge on any atom is 0.254 e. The van der Waals surface area contributed by atoms with E-state index in [1.165, 1.54) is 5.56 Å². The van der Waals surface area contributed by atoms with Crippen LogP contribution >= 0.6 is 0 Å². The fraction of sp³-hybridized carbons (Fsp3) is 0.316. The van der Waals surface area contributed by atoms with Crippen LogP contribution in [-0.4, -0.2) is 38.1 Å². The molecule has 0 bridgehead atoms. The van der Waals surface area contributed by atoms with Gasteiger partial charge in [0.2, 0.25) is 10.0 Å². The van der Waals surface area contributed by atoms with E-state index in [2.05, 4.69) is 23.8 Å². The summed E-state index contributed by atoms with van der Waals surface area (Å²) in [6.07, 6.45) is 2.05. The molecule has 1 N–H and O–H groups in total. The van der Waals surface area contributed by atoms with Crippen LogP contribution in [0.1, 0.15) is 35.2 Å². The van der Waals surface area contributed by atoms with Crippen molar-refractivity contribution in [1.82, 2.24) is 4.90 Å². The van der Waals surface area contributed by atoms with Gasteiger partial charge in [0.15, 0.2) is 0 Å². The molecule has 2 aromatic carbocycles. The lowest BCUT2D eigenvalue weighted by Crippen LogP contribution is -2.35. The van der Waals surface area contributed by atoms with Gasteiger partial charge in [-0.05, 0) is 43.2 Å². The first-order valence-electron chi connectivity index (χ1n) is 8.29. The Kier molecular flexibility index (Phi) is 4.81. The molecule has 5 nitrogen and oxygen atoms in total. The highest BCUT2D eigenvalue weighted by Crippen LogP contribution is 2.34. The molecule has 1 saturated heterocycles. The molecule has 1 heterocycles. The molecule has 0 spiro atoms. The van der Waals surface area contributed by atoms with Crippen LogP contribution < -0.4 is 4.72 Å². The van der Waals surface area contributed by atoms with Crippen molar-refractivity contribution in [1.29, 1.82) is 0 Å². The van der Waals surface area contributed by atoms with Crippen LogP contribution in [0.5, 0.6) is 0 Å². The standard InChI is InChI=1S/C19H22N2O3S/c1-14-18(15-6-4-3-5-7-15)12-13-21(14)19(22)16-8-10-17(11-9-16)20-25(2,23)24/h3-11,14,18,20H,12-13H2,1-2H3. The first-order chi connectivity index (χ1) is 11.8. The maximum absolute atomic E-state index is 12.8. The molecule has 3 rings (SSSR count). The van der Waals surface area contributed by atoms with Crippen LogP contribution in [0.2, 0.25) is 0 Å². The van der Waals surface area contributed by atoms with Crippen molar-refractivity contribution in [2.24, 2.45) is 0 Å². The van der Waals surface area contributed by atoms with E-state index in [4.69, 9.17) is 0 Å². The molecule has 0 aliphatic carbocycles. The minimum absolute atomic E-state index is 0.0168. The number of likely N-dealkylation sites (tertiary alicyclic amines) is 1. The Morgan fingerprint density at radius 2 is 1.72 bits per heavy atom. The van der Waals surface area contributed by atoms with Gasteiger partial charge in [-0.3, -0.25) is 9.52 Å². The summed E-state index contributed by atoms with van der Waals surface area (Å²) in [5, 5.41) is 0. The Labute approximate surface area is 148 Å². The number of anilines is 1. The molecule has 6 heteroatoms. The minimum atomic E-state index is -3.32. The second-order valence-corrected chi connectivity index (χ2v) is 8.25. The van der Waals surface area contributed by atoms with Gasteiger partial charge in [0, 0.05) is 29.8 Å². The lowest BCUT2D eigenvalue weighted by molar-refractivity contribution is 0.0742. The number of carbonyl (C=O) groups is 1. The number of nitrogens with one attached hydrogen (secondary N) is 1. The Balaban J connectivity index is 1.73. The summed E-state index contributed by atoms with van der Waals surface area (Å²) in [5.74, 6) is 0.327. The second kappa shape index (κ2) is 6.88. The molecule has 0 saturated carbocycles. The van der Waals surface area contributed by atoms with E-state index in [-0.39, 0.29) is 11.9 Å². The fourth-order valence-electron chi connectivity index (χ4n) is 3.43. The summed E-state index contributed by atoms with van der Waals surface area (Å²) >= 11 is 0. The van der Waals surface area contributed by atoms with Gasteiger partial charge in [-0.2, -0.15) is 0 Å². The summed E-state index contributed by atoms with van der Waals surface area (Å²) in [7, 11) is -3.32. The zero-order chi connectivity index (χ0) is 18.0. The first kappa shape index (κ1) is 17.5. The zero-order valence-corrected chi connectivity index (χ0v) is 15.2. The highest BCUT2D eigenvalue weighted by molar-refractivity contribution is 7.92. The third-order valence-electron chi connectivity index (χ3n) is 4.68. The van der Waals surface area contributed by atoms with Gasteiger partial charge in [0.25, 0.3) is 5.91 Å².